The molecule has 1 atom stereocenters. The van der Waals surface area contributed by atoms with Gasteiger partial charge >= 0.3 is 19.8 Å². The molecule has 0 aromatic rings. The number of phosphoric acid groups is 1. The van der Waals surface area contributed by atoms with Crippen molar-refractivity contribution >= 4 is 19.8 Å². The van der Waals surface area contributed by atoms with Gasteiger partial charge in [0.25, 0.3) is 0 Å². The van der Waals surface area contributed by atoms with Gasteiger partial charge in [-0.3, -0.25) is 14.1 Å². The van der Waals surface area contributed by atoms with Gasteiger partial charge in [-0.1, -0.05) is 184 Å². The molecule has 8 nitrogen and oxygen atoms in total. The molecule has 0 rings (SSSR count). The van der Waals surface area contributed by atoms with Gasteiger partial charge in [0.15, 0.2) is 6.10 Å². The van der Waals surface area contributed by atoms with Crippen LogP contribution in [0.15, 0.2) is 60.8 Å². The number of hydrogen-bond donors (Lipinski definition) is 2. The average Bonchev–Trinajstić information content (AvgIpc) is 3.20. The van der Waals surface area contributed by atoms with E-state index in [-0.39, 0.29) is 19.4 Å². The van der Waals surface area contributed by atoms with E-state index in [9.17, 15) is 14.2 Å². The minimum Gasteiger partial charge on any atom is -0.462 e. The van der Waals surface area contributed by atoms with E-state index in [1.165, 1.54) is 122 Å². The highest BCUT2D eigenvalue weighted by atomic mass is 31.2. The predicted molar refractivity (Wildman–Crippen MR) is 244 cm³/mol. The average molecular weight is 835 g/mol. The van der Waals surface area contributed by atoms with Crippen LogP contribution in [0, 0.1) is 0 Å². The summed E-state index contributed by atoms with van der Waals surface area (Å²) in [4.78, 5) is 43.0. The van der Waals surface area contributed by atoms with Crippen LogP contribution in [0.3, 0.4) is 0 Å². The van der Waals surface area contributed by atoms with E-state index in [0.29, 0.717) is 12.8 Å². The molecule has 0 fully saturated rings. The summed E-state index contributed by atoms with van der Waals surface area (Å²) in [5.74, 6) is -0.919. The molecule has 0 aromatic heterocycles. The summed E-state index contributed by atoms with van der Waals surface area (Å²) in [6, 6.07) is 0. The van der Waals surface area contributed by atoms with E-state index >= 15 is 0 Å². The van der Waals surface area contributed by atoms with Crippen LogP contribution in [0.1, 0.15) is 219 Å². The number of ether oxygens (including phenoxy) is 2. The first-order valence-electron chi connectivity index (χ1n) is 23.6. The van der Waals surface area contributed by atoms with Crippen molar-refractivity contribution in [2.75, 3.05) is 13.2 Å². The SMILES string of the molecule is CCCCC/C=C\C/C=C\C/C=C\C/C=C\CCCCCC(=O)OC[C@H](COP(=O)(O)O)OC(=O)CCCCCCCCCCCCC/C=C\CCCCCCCC. The smallest absolute Gasteiger partial charge is 0.462 e. The lowest BCUT2D eigenvalue weighted by molar-refractivity contribution is -0.161. The van der Waals surface area contributed by atoms with Crippen molar-refractivity contribution < 1.29 is 37.9 Å². The zero-order chi connectivity index (χ0) is 42.5. The lowest BCUT2D eigenvalue weighted by Crippen LogP contribution is -2.29. The normalized spacial score (nSPS) is 13.0. The molecule has 0 heterocycles. The van der Waals surface area contributed by atoms with Crippen molar-refractivity contribution in [1.29, 1.82) is 0 Å². The third-order valence-electron chi connectivity index (χ3n) is 10.0. The van der Waals surface area contributed by atoms with Crippen molar-refractivity contribution in [2.24, 2.45) is 0 Å². The molecule has 0 radical (unpaired) electrons. The van der Waals surface area contributed by atoms with Gasteiger partial charge < -0.3 is 19.3 Å². The van der Waals surface area contributed by atoms with E-state index in [2.05, 4.69) is 79.1 Å². The second kappa shape index (κ2) is 44.3. The molecule has 0 spiro atoms. The third kappa shape index (κ3) is 46.4. The van der Waals surface area contributed by atoms with E-state index in [0.717, 1.165) is 57.8 Å². The number of unbranched alkanes of at least 4 members (excludes halogenated alkanes) is 23. The van der Waals surface area contributed by atoms with Gasteiger partial charge in [-0.25, -0.2) is 4.57 Å². The van der Waals surface area contributed by atoms with E-state index in [1.54, 1.807) is 0 Å². The Hall–Kier alpha value is -2.25. The Bertz CT molecular complexity index is 1120. The Kier molecular flexibility index (Phi) is 42.6. The summed E-state index contributed by atoms with van der Waals surface area (Å²) in [5.41, 5.74) is 0. The van der Waals surface area contributed by atoms with Gasteiger partial charge in [0.1, 0.15) is 6.61 Å². The van der Waals surface area contributed by atoms with Crippen LogP contribution >= 0.6 is 7.82 Å². The third-order valence-corrected chi connectivity index (χ3v) is 10.5. The summed E-state index contributed by atoms with van der Waals surface area (Å²) in [7, 11) is -4.77. The maximum atomic E-state index is 12.5. The number of rotatable bonds is 43. The molecule has 0 saturated heterocycles. The molecule has 0 aromatic carbocycles. The van der Waals surface area contributed by atoms with Crippen LogP contribution in [-0.4, -0.2) is 41.0 Å². The summed E-state index contributed by atoms with van der Waals surface area (Å²) < 4.78 is 26.5. The largest absolute Gasteiger partial charge is 0.469 e. The minimum atomic E-state index is -4.77. The van der Waals surface area contributed by atoms with E-state index in [4.69, 9.17) is 19.3 Å². The number of hydrogen-bond acceptors (Lipinski definition) is 6. The molecule has 336 valence electrons. The molecule has 0 amide bonds. The first-order valence-corrected chi connectivity index (χ1v) is 25.1. The summed E-state index contributed by atoms with van der Waals surface area (Å²) in [6.45, 7) is 3.64. The number of allylic oxidation sites excluding steroid dienone is 10. The molecule has 58 heavy (non-hydrogen) atoms. The maximum Gasteiger partial charge on any atom is 0.469 e. The van der Waals surface area contributed by atoms with Crippen LogP contribution in [0.4, 0.5) is 0 Å². The molecular weight excluding hydrogens is 748 g/mol. The molecule has 0 aliphatic rings. The quantitative estimate of drug-likeness (QED) is 0.0270. The lowest BCUT2D eigenvalue weighted by Gasteiger charge is -2.18. The van der Waals surface area contributed by atoms with Gasteiger partial charge in [-0.05, 0) is 83.5 Å². The van der Waals surface area contributed by atoms with E-state index in [1.807, 2.05) is 0 Å². The van der Waals surface area contributed by atoms with E-state index < -0.39 is 32.5 Å². The molecule has 0 saturated carbocycles. The molecule has 0 unspecified atom stereocenters. The van der Waals surface area contributed by atoms with Gasteiger partial charge in [0.2, 0.25) is 0 Å². The van der Waals surface area contributed by atoms with Crippen LogP contribution < -0.4 is 0 Å². The number of carbonyl (C=O) groups excluding carboxylic acids is 2. The number of phosphoric ester groups is 1. The first-order chi connectivity index (χ1) is 28.3. The molecule has 0 bridgehead atoms. The summed E-state index contributed by atoms with van der Waals surface area (Å²) >= 11 is 0. The van der Waals surface area contributed by atoms with Gasteiger partial charge in [0.05, 0.1) is 6.61 Å². The molecule has 0 aliphatic heterocycles. The fourth-order valence-electron chi connectivity index (χ4n) is 6.47. The Morgan fingerprint density at radius 3 is 1.22 bits per heavy atom. The van der Waals surface area contributed by atoms with Crippen molar-refractivity contribution in [3.05, 3.63) is 60.8 Å². The zero-order valence-corrected chi connectivity index (χ0v) is 38.1. The van der Waals surface area contributed by atoms with Crippen molar-refractivity contribution in [1.82, 2.24) is 0 Å². The first kappa shape index (κ1) is 55.8. The van der Waals surface area contributed by atoms with Crippen molar-refractivity contribution in [3.8, 4) is 0 Å². The summed E-state index contributed by atoms with van der Waals surface area (Å²) in [6.07, 6.45) is 56.6. The zero-order valence-electron chi connectivity index (χ0n) is 37.2. The highest BCUT2D eigenvalue weighted by Gasteiger charge is 2.22. The monoisotopic (exact) mass is 835 g/mol. The van der Waals surface area contributed by atoms with Gasteiger partial charge in [-0.15, -0.1) is 0 Å². The predicted octanol–water partition coefficient (Wildman–Crippen LogP) is 14.9. The Morgan fingerprint density at radius 1 is 0.448 bits per heavy atom. The maximum absolute atomic E-state index is 12.5. The topological polar surface area (TPSA) is 119 Å². The van der Waals surface area contributed by atoms with Gasteiger partial charge in [-0.2, -0.15) is 0 Å². The number of esters is 2. The Morgan fingerprint density at radius 2 is 0.776 bits per heavy atom. The molecule has 2 N–H and O–H groups in total. The Balaban J connectivity index is 3.92. The second-order valence-electron chi connectivity index (χ2n) is 15.7. The van der Waals surface area contributed by atoms with Crippen LogP contribution in [0.2, 0.25) is 0 Å². The number of carbonyl (C=O) groups is 2. The highest BCUT2D eigenvalue weighted by Crippen LogP contribution is 2.36. The molecular formula is C49H87O8P. The summed E-state index contributed by atoms with van der Waals surface area (Å²) in [5, 5.41) is 0. The highest BCUT2D eigenvalue weighted by molar-refractivity contribution is 7.46. The second-order valence-corrected chi connectivity index (χ2v) is 17.0. The van der Waals surface area contributed by atoms with Crippen molar-refractivity contribution in [3.63, 3.8) is 0 Å². The van der Waals surface area contributed by atoms with Crippen molar-refractivity contribution in [2.45, 2.75) is 225 Å². The molecule has 0 aliphatic carbocycles. The van der Waals surface area contributed by atoms with Crippen LogP contribution in [0.25, 0.3) is 0 Å². The molecule has 9 heteroatoms. The minimum absolute atomic E-state index is 0.202. The Labute approximate surface area is 356 Å². The standard InChI is InChI=1S/C49H87O8P/c1-3-5-7-9-11-13-15-17-19-21-23-24-26-28-30-32-34-36-38-40-42-44-49(51)57-47(46-56-58(52,53)54)45-55-48(50)43-41-39-37-35-33-31-29-27-25-22-20-18-16-14-12-10-8-6-4-2/h12,14,17-20,25,27,31,33,47H,3-11,13,15-16,21-24,26,28-30,32,34-46H2,1-2H3,(H2,52,53,54)/b14-12-,19-17-,20-18-,27-25-,33-31-/t47-/m1/s1. The fraction of sp³-hybridized carbons (Fsp3) is 0.755. The van der Waals surface area contributed by atoms with Gasteiger partial charge in [0, 0.05) is 12.8 Å². The fourth-order valence-corrected chi connectivity index (χ4v) is 6.83. The van der Waals surface area contributed by atoms with Crippen LogP contribution in [0.5, 0.6) is 0 Å². The van der Waals surface area contributed by atoms with Crippen LogP contribution in [-0.2, 0) is 28.2 Å². The lowest BCUT2D eigenvalue weighted by atomic mass is 10.0.